The Morgan fingerprint density at radius 2 is 2.05 bits per heavy atom. The summed E-state index contributed by atoms with van der Waals surface area (Å²) < 4.78 is 5.25. The van der Waals surface area contributed by atoms with Gasteiger partial charge in [-0.25, -0.2) is 15.8 Å². The summed E-state index contributed by atoms with van der Waals surface area (Å²) in [7, 11) is 1.54. The van der Waals surface area contributed by atoms with E-state index in [1.165, 1.54) is 0 Å². The number of hydrogen-bond acceptors (Lipinski definition) is 7. The van der Waals surface area contributed by atoms with Gasteiger partial charge >= 0.3 is 0 Å². The topological polar surface area (TPSA) is 109 Å². The van der Waals surface area contributed by atoms with Gasteiger partial charge in [-0.2, -0.15) is 5.26 Å². The summed E-state index contributed by atoms with van der Waals surface area (Å²) in [5.74, 6) is 7.46. The molecule has 7 heteroatoms. The number of nitriles is 1. The average Bonchev–Trinajstić information content (AvgIpc) is 2.46. The lowest BCUT2D eigenvalue weighted by atomic mass is 10.2. The van der Waals surface area contributed by atoms with Crippen LogP contribution in [0.3, 0.4) is 0 Å². The van der Waals surface area contributed by atoms with Gasteiger partial charge in [-0.05, 0) is 19.1 Å². The van der Waals surface area contributed by atoms with E-state index in [9.17, 15) is 0 Å². The molecular formula is C13H14N6O. The minimum absolute atomic E-state index is 0.461. The average molecular weight is 270 g/mol. The van der Waals surface area contributed by atoms with Crippen LogP contribution in [0.1, 0.15) is 11.4 Å². The molecule has 2 aromatic rings. The molecule has 0 amide bonds. The van der Waals surface area contributed by atoms with E-state index >= 15 is 0 Å². The number of nitrogens with one attached hydrogen (secondary N) is 2. The van der Waals surface area contributed by atoms with Gasteiger partial charge in [-0.15, -0.1) is 0 Å². The highest BCUT2D eigenvalue weighted by Crippen LogP contribution is 2.30. The van der Waals surface area contributed by atoms with Crippen molar-refractivity contribution in [2.45, 2.75) is 6.92 Å². The van der Waals surface area contributed by atoms with Gasteiger partial charge in [0.05, 0.1) is 12.7 Å². The van der Waals surface area contributed by atoms with Crippen molar-refractivity contribution in [2.75, 3.05) is 17.9 Å². The SMILES string of the molecule is COc1cccc(C#N)c1Nc1cc(NN)nc(C)n1. The Kier molecular flexibility index (Phi) is 3.98. The number of methoxy groups -OCH3 is 1. The van der Waals surface area contributed by atoms with Crippen molar-refractivity contribution in [3.05, 3.63) is 35.7 Å². The minimum atomic E-state index is 0.461. The zero-order chi connectivity index (χ0) is 14.5. The predicted molar refractivity (Wildman–Crippen MR) is 75.6 cm³/mol. The second-order valence-corrected chi connectivity index (χ2v) is 3.95. The highest BCUT2D eigenvalue weighted by molar-refractivity contribution is 5.72. The Hall–Kier alpha value is -2.85. The van der Waals surface area contributed by atoms with Crippen molar-refractivity contribution in [3.63, 3.8) is 0 Å². The third kappa shape index (κ3) is 2.76. The van der Waals surface area contributed by atoms with Crippen molar-refractivity contribution in [1.82, 2.24) is 9.97 Å². The molecule has 0 saturated carbocycles. The summed E-state index contributed by atoms with van der Waals surface area (Å²) in [6.07, 6.45) is 0. The summed E-state index contributed by atoms with van der Waals surface area (Å²) >= 11 is 0. The molecule has 2 rings (SSSR count). The Morgan fingerprint density at radius 3 is 2.70 bits per heavy atom. The largest absolute Gasteiger partial charge is 0.495 e. The van der Waals surface area contributed by atoms with Crippen LogP contribution >= 0.6 is 0 Å². The summed E-state index contributed by atoms with van der Waals surface area (Å²) in [6, 6.07) is 8.96. The highest BCUT2D eigenvalue weighted by atomic mass is 16.5. The van der Waals surface area contributed by atoms with Crippen LogP contribution in [0.2, 0.25) is 0 Å². The molecule has 1 aromatic carbocycles. The Bertz CT molecular complexity index is 664. The van der Waals surface area contributed by atoms with E-state index in [0.717, 1.165) is 0 Å². The number of para-hydroxylation sites is 1. The summed E-state index contributed by atoms with van der Waals surface area (Å²) in [4.78, 5) is 8.34. The molecule has 0 fully saturated rings. The molecule has 4 N–H and O–H groups in total. The third-order valence-corrected chi connectivity index (χ3v) is 2.61. The van der Waals surface area contributed by atoms with E-state index < -0.39 is 0 Å². The smallest absolute Gasteiger partial charge is 0.145 e. The van der Waals surface area contributed by atoms with Crippen molar-refractivity contribution in [2.24, 2.45) is 5.84 Å². The fourth-order valence-corrected chi connectivity index (χ4v) is 1.76. The molecule has 1 aromatic heterocycles. The zero-order valence-corrected chi connectivity index (χ0v) is 11.1. The number of benzene rings is 1. The molecule has 0 aliphatic carbocycles. The molecular weight excluding hydrogens is 256 g/mol. The fraction of sp³-hybridized carbons (Fsp3) is 0.154. The second-order valence-electron chi connectivity index (χ2n) is 3.95. The quantitative estimate of drug-likeness (QED) is 0.573. The van der Waals surface area contributed by atoms with Crippen molar-refractivity contribution in [1.29, 1.82) is 5.26 Å². The van der Waals surface area contributed by atoms with Gasteiger partial charge < -0.3 is 15.5 Å². The molecule has 1 heterocycles. The van der Waals surface area contributed by atoms with Crippen LogP contribution in [0.25, 0.3) is 0 Å². The number of anilines is 3. The molecule has 0 aliphatic rings. The first-order valence-corrected chi connectivity index (χ1v) is 5.84. The monoisotopic (exact) mass is 270 g/mol. The van der Waals surface area contributed by atoms with E-state index in [1.54, 1.807) is 38.3 Å². The number of nitrogens with zero attached hydrogens (tertiary/aromatic N) is 3. The lowest BCUT2D eigenvalue weighted by molar-refractivity contribution is 0.416. The van der Waals surface area contributed by atoms with Crippen molar-refractivity contribution in [3.8, 4) is 11.8 Å². The number of ether oxygens (including phenoxy) is 1. The molecule has 0 spiro atoms. The van der Waals surface area contributed by atoms with Crippen LogP contribution < -0.4 is 21.3 Å². The van der Waals surface area contributed by atoms with Crippen LogP contribution in [0.5, 0.6) is 5.75 Å². The first-order chi connectivity index (χ1) is 9.67. The highest BCUT2D eigenvalue weighted by Gasteiger charge is 2.10. The maximum Gasteiger partial charge on any atom is 0.145 e. The molecule has 0 unspecified atom stereocenters. The number of aromatic nitrogens is 2. The minimum Gasteiger partial charge on any atom is -0.495 e. The summed E-state index contributed by atoms with van der Waals surface area (Å²) in [6.45, 7) is 1.75. The number of rotatable bonds is 4. The summed E-state index contributed by atoms with van der Waals surface area (Å²) in [5, 5.41) is 12.2. The molecule has 0 aliphatic heterocycles. The Morgan fingerprint density at radius 1 is 1.30 bits per heavy atom. The van der Waals surface area contributed by atoms with Gasteiger partial charge in [0.25, 0.3) is 0 Å². The molecule has 102 valence electrons. The maximum absolute atomic E-state index is 9.16. The number of aryl methyl sites for hydroxylation is 1. The molecule has 20 heavy (non-hydrogen) atoms. The van der Waals surface area contributed by atoms with Gasteiger partial charge in [0, 0.05) is 6.07 Å². The molecule has 0 radical (unpaired) electrons. The lowest BCUT2D eigenvalue weighted by Crippen LogP contribution is -2.10. The van der Waals surface area contributed by atoms with Gasteiger partial charge in [-0.3, -0.25) is 0 Å². The van der Waals surface area contributed by atoms with Crippen LogP contribution in [-0.2, 0) is 0 Å². The van der Waals surface area contributed by atoms with Gasteiger partial charge in [-0.1, -0.05) is 6.07 Å². The van der Waals surface area contributed by atoms with E-state index in [2.05, 4.69) is 26.8 Å². The molecule has 0 bridgehead atoms. The molecule has 0 saturated heterocycles. The van der Waals surface area contributed by atoms with Crippen molar-refractivity contribution >= 4 is 17.3 Å². The zero-order valence-electron chi connectivity index (χ0n) is 11.1. The van der Waals surface area contributed by atoms with E-state index in [0.29, 0.717) is 34.5 Å². The van der Waals surface area contributed by atoms with Crippen LogP contribution in [0, 0.1) is 18.3 Å². The normalized spacial score (nSPS) is 9.70. The number of hydrogen-bond donors (Lipinski definition) is 3. The fourth-order valence-electron chi connectivity index (χ4n) is 1.76. The van der Waals surface area contributed by atoms with Gasteiger partial charge in [0.1, 0.15) is 35.0 Å². The maximum atomic E-state index is 9.16. The first-order valence-electron chi connectivity index (χ1n) is 5.84. The third-order valence-electron chi connectivity index (χ3n) is 2.61. The van der Waals surface area contributed by atoms with Crippen molar-refractivity contribution < 1.29 is 4.74 Å². The Labute approximate surface area is 116 Å². The summed E-state index contributed by atoms with van der Waals surface area (Å²) in [5.41, 5.74) is 3.48. The number of nitrogen functional groups attached to an aromatic ring is 1. The Balaban J connectivity index is 2.44. The van der Waals surface area contributed by atoms with Crippen LogP contribution in [0.15, 0.2) is 24.3 Å². The van der Waals surface area contributed by atoms with Crippen LogP contribution in [0.4, 0.5) is 17.3 Å². The number of hydrazine groups is 1. The van der Waals surface area contributed by atoms with E-state index in [-0.39, 0.29) is 0 Å². The van der Waals surface area contributed by atoms with Gasteiger partial charge in [0.15, 0.2) is 0 Å². The van der Waals surface area contributed by atoms with E-state index in [1.807, 2.05) is 0 Å². The number of nitrogens with two attached hydrogens (primary N) is 1. The lowest BCUT2D eigenvalue weighted by Gasteiger charge is -2.13. The van der Waals surface area contributed by atoms with Gasteiger partial charge in [0.2, 0.25) is 0 Å². The van der Waals surface area contributed by atoms with Crippen LogP contribution in [-0.4, -0.2) is 17.1 Å². The van der Waals surface area contributed by atoms with E-state index in [4.69, 9.17) is 15.8 Å². The predicted octanol–water partition coefficient (Wildman–Crippen LogP) is 1.69. The second kappa shape index (κ2) is 5.86. The molecule has 0 atom stereocenters. The first kappa shape index (κ1) is 13.6. The molecule has 7 nitrogen and oxygen atoms in total. The standard InChI is InChI=1S/C13H14N6O/c1-8-16-11(6-12(17-8)19-15)18-13-9(7-14)4-3-5-10(13)20-2/h3-6H,15H2,1-2H3,(H2,16,17,18,19).